The molecule has 1 rings (SSSR count). The summed E-state index contributed by atoms with van der Waals surface area (Å²) in [5, 5.41) is 0. The molecule has 0 N–H and O–H groups in total. The van der Waals surface area contributed by atoms with Gasteiger partial charge in [0.1, 0.15) is 0 Å². The largest absolute Gasteiger partial charge is 0.233 e. The monoisotopic (exact) mass is 161 g/mol. The zero-order chi connectivity index (χ0) is 6.85. The smallest absolute Gasteiger partial charge is 0.183 e. The Labute approximate surface area is 63.7 Å². The molecule has 1 aromatic rings. The molecule has 0 aliphatic carbocycles. The average molecular weight is 162 g/mol. The maximum atomic E-state index is 5.61. The molecule has 0 aliphatic heterocycles. The topological polar surface area (TPSA) is 12.9 Å². The second-order valence-corrected chi connectivity index (χ2v) is 3.81. The second-order valence-electron chi connectivity index (χ2n) is 2.17. The van der Waals surface area contributed by atoms with E-state index in [1.165, 1.54) is 4.88 Å². The first-order valence-corrected chi connectivity index (χ1v) is 4.01. The number of nitrogens with zero attached hydrogens (tertiary/aromatic N) is 1. The SMILES string of the molecule is CC(C)c1cnc(Cl)s1. The number of aromatic nitrogens is 1. The van der Waals surface area contributed by atoms with Crippen LogP contribution in [0, 0.1) is 0 Å². The first kappa shape index (κ1) is 7.03. The van der Waals surface area contributed by atoms with Crippen molar-refractivity contribution in [2.45, 2.75) is 19.8 Å². The molecule has 0 aromatic carbocycles. The summed E-state index contributed by atoms with van der Waals surface area (Å²) in [6.45, 7) is 4.26. The Balaban J connectivity index is 2.85. The van der Waals surface area contributed by atoms with Gasteiger partial charge in [0.15, 0.2) is 4.47 Å². The number of hydrogen-bond donors (Lipinski definition) is 0. The Morgan fingerprint density at radius 1 is 1.67 bits per heavy atom. The highest BCUT2D eigenvalue weighted by atomic mass is 35.5. The van der Waals surface area contributed by atoms with E-state index in [1.54, 1.807) is 11.3 Å². The van der Waals surface area contributed by atoms with Gasteiger partial charge in [-0.25, -0.2) is 4.98 Å². The van der Waals surface area contributed by atoms with E-state index in [2.05, 4.69) is 18.8 Å². The lowest BCUT2D eigenvalue weighted by atomic mass is 10.2. The summed E-state index contributed by atoms with van der Waals surface area (Å²) in [6.07, 6.45) is 1.83. The third-order valence-electron chi connectivity index (χ3n) is 1.06. The predicted octanol–water partition coefficient (Wildman–Crippen LogP) is 2.92. The lowest BCUT2D eigenvalue weighted by molar-refractivity contribution is 0.885. The first-order valence-electron chi connectivity index (χ1n) is 2.81. The molecular weight excluding hydrogens is 154 g/mol. The van der Waals surface area contributed by atoms with Gasteiger partial charge in [-0.2, -0.15) is 0 Å². The van der Waals surface area contributed by atoms with Crippen LogP contribution in [0.3, 0.4) is 0 Å². The molecule has 0 unspecified atom stereocenters. The molecule has 0 amide bonds. The minimum Gasteiger partial charge on any atom is -0.233 e. The molecule has 50 valence electrons. The summed E-state index contributed by atoms with van der Waals surface area (Å²) in [5.41, 5.74) is 0. The number of rotatable bonds is 1. The molecule has 0 saturated carbocycles. The van der Waals surface area contributed by atoms with Crippen LogP contribution in [0.1, 0.15) is 24.6 Å². The Hall–Kier alpha value is -0.0800. The van der Waals surface area contributed by atoms with Gasteiger partial charge in [0.2, 0.25) is 0 Å². The third kappa shape index (κ3) is 1.66. The Morgan fingerprint density at radius 3 is 2.56 bits per heavy atom. The minimum absolute atomic E-state index is 0.551. The molecule has 1 aromatic heterocycles. The standard InChI is InChI=1S/C6H8ClNS/c1-4(2)5-3-8-6(7)9-5/h3-4H,1-2H3. The molecule has 0 radical (unpaired) electrons. The van der Waals surface area contributed by atoms with Gasteiger partial charge >= 0.3 is 0 Å². The molecule has 0 bridgehead atoms. The van der Waals surface area contributed by atoms with Crippen molar-refractivity contribution in [2.24, 2.45) is 0 Å². The summed E-state index contributed by atoms with van der Waals surface area (Å²) in [4.78, 5) is 5.17. The van der Waals surface area contributed by atoms with Gasteiger partial charge < -0.3 is 0 Å². The van der Waals surface area contributed by atoms with Gasteiger partial charge in [-0.1, -0.05) is 25.4 Å². The van der Waals surface area contributed by atoms with Crippen molar-refractivity contribution < 1.29 is 0 Å². The van der Waals surface area contributed by atoms with Crippen LogP contribution in [0.25, 0.3) is 0 Å². The van der Waals surface area contributed by atoms with Crippen LogP contribution >= 0.6 is 22.9 Å². The van der Waals surface area contributed by atoms with Crippen LogP contribution in [0.2, 0.25) is 4.47 Å². The van der Waals surface area contributed by atoms with E-state index in [1.807, 2.05) is 6.20 Å². The molecule has 0 spiro atoms. The zero-order valence-electron chi connectivity index (χ0n) is 5.39. The van der Waals surface area contributed by atoms with E-state index in [-0.39, 0.29) is 0 Å². The number of thiazole rings is 1. The lowest BCUT2D eigenvalue weighted by Crippen LogP contribution is -1.77. The van der Waals surface area contributed by atoms with E-state index < -0.39 is 0 Å². The van der Waals surface area contributed by atoms with Crippen LogP contribution in [0.15, 0.2) is 6.20 Å². The molecular formula is C6H8ClNS. The van der Waals surface area contributed by atoms with Crippen LogP contribution in [-0.2, 0) is 0 Å². The van der Waals surface area contributed by atoms with Gasteiger partial charge in [0, 0.05) is 11.1 Å². The van der Waals surface area contributed by atoms with E-state index in [4.69, 9.17) is 11.6 Å². The fourth-order valence-corrected chi connectivity index (χ4v) is 1.49. The van der Waals surface area contributed by atoms with Crippen molar-refractivity contribution in [3.8, 4) is 0 Å². The highest BCUT2D eigenvalue weighted by molar-refractivity contribution is 7.15. The van der Waals surface area contributed by atoms with Crippen molar-refractivity contribution in [3.63, 3.8) is 0 Å². The van der Waals surface area contributed by atoms with Crippen molar-refractivity contribution in [1.29, 1.82) is 0 Å². The molecule has 0 atom stereocenters. The molecule has 1 heterocycles. The van der Waals surface area contributed by atoms with Gasteiger partial charge in [0.05, 0.1) is 0 Å². The Kier molecular flexibility index (Phi) is 2.09. The third-order valence-corrected chi connectivity index (χ3v) is 2.48. The van der Waals surface area contributed by atoms with Crippen LogP contribution in [0.4, 0.5) is 0 Å². The van der Waals surface area contributed by atoms with Crippen molar-refractivity contribution in [3.05, 3.63) is 15.5 Å². The van der Waals surface area contributed by atoms with Gasteiger partial charge in [-0.05, 0) is 5.92 Å². The lowest BCUT2D eigenvalue weighted by Gasteiger charge is -1.94. The Morgan fingerprint density at radius 2 is 2.33 bits per heavy atom. The van der Waals surface area contributed by atoms with E-state index in [0.717, 1.165) is 0 Å². The quantitative estimate of drug-likeness (QED) is 0.617. The van der Waals surface area contributed by atoms with Gasteiger partial charge in [0.25, 0.3) is 0 Å². The zero-order valence-corrected chi connectivity index (χ0v) is 6.96. The van der Waals surface area contributed by atoms with Crippen LogP contribution < -0.4 is 0 Å². The first-order chi connectivity index (χ1) is 4.20. The molecule has 0 fully saturated rings. The Bertz CT molecular complexity index is 195. The van der Waals surface area contributed by atoms with E-state index in [9.17, 15) is 0 Å². The summed E-state index contributed by atoms with van der Waals surface area (Å²) < 4.78 is 0.638. The second kappa shape index (κ2) is 2.67. The fraction of sp³-hybridized carbons (Fsp3) is 0.500. The molecule has 3 heteroatoms. The van der Waals surface area contributed by atoms with E-state index in [0.29, 0.717) is 10.4 Å². The van der Waals surface area contributed by atoms with Crippen molar-refractivity contribution in [2.75, 3.05) is 0 Å². The van der Waals surface area contributed by atoms with Crippen molar-refractivity contribution in [1.82, 2.24) is 4.98 Å². The maximum absolute atomic E-state index is 5.61. The number of halogens is 1. The summed E-state index contributed by atoms with van der Waals surface area (Å²) >= 11 is 7.16. The van der Waals surface area contributed by atoms with Crippen LogP contribution in [-0.4, -0.2) is 4.98 Å². The van der Waals surface area contributed by atoms with Crippen molar-refractivity contribution >= 4 is 22.9 Å². The van der Waals surface area contributed by atoms with Gasteiger partial charge in [-0.15, -0.1) is 11.3 Å². The molecule has 1 nitrogen and oxygen atoms in total. The molecule has 0 saturated heterocycles. The van der Waals surface area contributed by atoms with E-state index >= 15 is 0 Å². The van der Waals surface area contributed by atoms with Gasteiger partial charge in [-0.3, -0.25) is 0 Å². The number of hydrogen-bond acceptors (Lipinski definition) is 2. The maximum Gasteiger partial charge on any atom is 0.183 e. The summed E-state index contributed by atoms with van der Waals surface area (Å²) in [7, 11) is 0. The molecule has 0 aliphatic rings. The minimum atomic E-state index is 0.551. The normalized spacial score (nSPS) is 10.7. The molecule has 9 heavy (non-hydrogen) atoms. The van der Waals surface area contributed by atoms with Crippen LogP contribution in [0.5, 0.6) is 0 Å². The predicted molar refractivity (Wildman–Crippen MR) is 41.2 cm³/mol. The average Bonchev–Trinajstić information content (AvgIpc) is 2.14. The highest BCUT2D eigenvalue weighted by Gasteiger charge is 2.01. The fourth-order valence-electron chi connectivity index (χ4n) is 0.531. The summed E-state index contributed by atoms with van der Waals surface area (Å²) in [5.74, 6) is 0.551. The summed E-state index contributed by atoms with van der Waals surface area (Å²) in [6, 6.07) is 0. The highest BCUT2D eigenvalue weighted by Crippen LogP contribution is 2.24.